The molecule has 118 valence electrons. The number of thiazole rings is 1. The van der Waals surface area contributed by atoms with Gasteiger partial charge in [0.2, 0.25) is 4.34 Å². The van der Waals surface area contributed by atoms with Crippen molar-refractivity contribution in [2.45, 2.75) is 43.2 Å². The summed E-state index contributed by atoms with van der Waals surface area (Å²) in [6.45, 7) is 7.87. The van der Waals surface area contributed by atoms with Crippen molar-refractivity contribution in [3.63, 3.8) is 0 Å². The van der Waals surface area contributed by atoms with E-state index in [9.17, 15) is 8.42 Å². The summed E-state index contributed by atoms with van der Waals surface area (Å²) >= 11 is 0.917. The first-order valence-electron chi connectivity index (χ1n) is 6.73. The van der Waals surface area contributed by atoms with Crippen LogP contribution in [0.25, 0.3) is 10.2 Å². The quantitative estimate of drug-likeness (QED) is 0.663. The smallest absolute Gasteiger partial charge is 0.399 e. The largest absolute Gasteiger partial charge is 0.494 e. The van der Waals surface area contributed by atoms with Crippen LogP contribution >= 0.6 is 11.3 Å². The third-order valence-corrected chi connectivity index (χ3v) is 6.37. The molecule has 0 aliphatic carbocycles. The maximum atomic E-state index is 11.2. The van der Waals surface area contributed by atoms with Gasteiger partial charge in [-0.15, -0.1) is 11.3 Å². The molecule has 22 heavy (non-hydrogen) atoms. The molecule has 0 bridgehead atoms. The molecular weight excluding hydrogens is 325 g/mol. The molecule has 1 fully saturated rings. The molecule has 0 saturated carbocycles. The Kier molecular flexibility index (Phi) is 3.43. The van der Waals surface area contributed by atoms with Gasteiger partial charge in [0.15, 0.2) is 0 Å². The van der Waals surface area contributed by atoms with E-state index in [4.69, 9.17) is 13.9 Å². The van der Waals surface area contributed by atoms with Crippen molar-refractivity contribution in [1.82, 2.24) is 4.98 Å². The van der Waals surface area contributed by atoms with Gasteiger partial charge < -0.3 is 9.31 Å². The van der Waals surface area contributed by atoms with Crippen LogP contribution in [0, 0.1) is 0 Å². The fourth-order valence-corrected chi connectivity index (χ4v) is 3.81. The summed E-state index contributed by atoms with van der Waals surface area (Å²) in [7, 11) is -4.81. The Morgan fingerprint density at radius 1 is 1.18 bits per heavy atom. The van der Waals surface area contributed by atoms with Crippen molar-refractivity contribution in [3.8, 4) is 0 Å². The Morgan fingerprint density at radius 3 is 2.32 bits per heavy atom. The molecular formula is C13H16BNO5S2. The SMILES string of the molecule is CC1(C)OB(c2ccc3nc(S(=O)(=O)O)sc3c2)OC1(C)C. The van der Waals surface area contributed by atoms with Crippen molar-refractivity contribution in [1.29, 1.82) is 0 Å². The van der Waals surface area contributed by atoms with E-state index in [1.54, 1.807) is 18.2 Å². The number of hydrogen-bond acceptors (Lipinski definition) is 6. The average Bonchev–Trinajstić information content (AvgIpc) is 2.87. The van der Waals surface area contributed by atoms with Crippen LogP contribution in [0.5, 0.6) is 0 Å². The second kappa shape index (κ2) is 4.75. The van der Waals surface area contributed by atoms with Gasteiger partial charge in [0.25, 0.3) is 0 Å². The van der Waals surface area contributed by atoms with E-state index in [0.717, 1.165) is 16.8 Å². The van der Waals surface area contributed by atoms with Crippen LogP contribution in [0.1, 0.15) is 27.7 Å². The highest BCUT2D eigenvalue weighted by molar-refractivity contribution is 7.88. The molecule has 0 radical (unpaired) electrons. The predicted octanol–water partition coefficient (Wildman–Crippen LogP) is 1.84. The topological polar surface area (TPSA) is 85.7 Å². The minimum atomic E-state index is -4.29. The minimum absolute atomic E-state index is 0.312. The Balaban J connectivity index is 2.00. The van der Waals surface area contributed by atoms with E-state index in [-0.39, 0.29) is 4.34 Å². The molecule has 0 amide bonds. The molecule has 2 aromatic rings. The first-order valence-corrected chi connectivity index (χ1v) is 8.99. The molecule has 1 saturated heterocycles. The van der Waals surface area contributed by atoms with E-state index in [0.29, 0.717) is 10.2 Å². The highest BCUT2D eigenvalue weighted by Crippen LogP contribution is 2.36. The van der Waals surface area contributed by atoms with Gasteiger partial charge in [-0.2, -0.15) is 8.42 Å². The number of hydrogen-bond donors (Lipinski definition) is 1. The molecule has 6 nitrogen and oxygen atoms in total. The minimum Gasteiger partial charge on any atom is -0.399 e. The molecule has 1 N–H and O–H groups in total. The van der Waals surface area contributed by atoms with Crippen molar-refractivity contribution in [3.05, 3.63) is 18.2 Å². The number of fused-ring (bicyclic) bond motifs is 1. The van der Waals surface area contributed by atoms with Gasteiger partial charge in [0.1, 0.15) is 0 Å². The molecule has 3 rings (SSSR count). The van der Waals surface area contributed by atoms with Crippen molar-refractivity contribution < 1.29 is 22.3 Å². The van der Waals surface area contributed by atoms with Gasteiger partial charge >= 0.3 is 17.2 Å². The molecule has 1 aromatic carbocycles. The molecule has 0 unspecified atom stereocenters. The van der Waals surface area contributed by atoms with Gasteiger partial charge in [-0.25, -0.2) is 4.98 Å². The number of benzene rings is 1. The second-order valence-electron chi connectivity index (χ2n) is 6.27. The van der Waals surface area contributed by atoms with E-state index < -0.39 is 28.4 Å². The van der Waals surface area contributed by atoms with Gasteiger partial charge in [0.05, 0.1) is 21.4 Å². The van der Waals surface area contributed by atoms with Gasteiger partial charge in [-0.3, -0.25) is 4.55 Å². The number of aromatic nitrogens is 1. The van der Waals surface area contributed by atoms with Crippen LogP contribution < -0.4 is 5.46 Å². The van der Waals surface area contributed by atoms with Crippen molar-refractivity contribution in [2.24, 2.45) is 0 Å². The van der Waals surface area contributed by atoms with E-state index >= 15 is 0 Å². The van der Waals surface area contributed by atoms with Gasteiger partial charge in [-0.1, -0.05) is 6.07 Å². The van der Waals surface area contributed by atoms with Crippen LogP contribution in [-0.4, -0.2) is 36.3 Å². The summed E-state index contributed by atoms with van der Waals surface area (Å²) in [5, 5.41) is 0. The third kappa shape index (κ3) is 2.57. The normalized spacial score (nSPS) is 20.7. The fourth-order valence-electron chi connectivity index (χ4n) is 2.16. The Morgan fingerprint density at radius 2 is 1.77 bits per heavy atom. The molecule has 9 heteroatoms. The Labute approximate surface area is 133 Å². The van der Waals surface area contributed by atoms with E-state index in [1.165, 1.54) is 0 Å². The zero-order valence-corrected chi connectivity index (χ0v) is 14.3. The molecule has 1 aliphatic rings. The highest BCUT2D eigenvalue weighted by Gasteiger charge is 2.51. The fraction of sp³-hybridized carbons (Fsp3) is 0.462. The van der Waals surface area contributed by atoms with Gasteiger partial charge in [0, 0.05) is 0 Å². The van der Waals surface area contributed by atoms with Crippen LogP contribution in [0.3, 0.4) is 0 Å². The zero-order chi connectivity index (χ0) is 16.3. The predicted molar refractivity (Wildman–Crippen MR) is 85.2 cm³/mol. The summed E-state index contributed by atoms with van der Waals surface area (Å²) < 4.78 is 43.7. The molecule has 0 spiro atoms. The lowest BCUT2D eigenvalue weighted by Crippen LogP contribution is -2.41. The van der Waals surface area contributed by atoms with E-state index in [1.807, 2.05) is 27.7 Å². The standard InChI is InChI=1S/C13H16BNO5S2/c1-12(2)13(3,4)20-14(19-12)8-5-6-9-10(7-8)21-11(15-9)22(16,17)18/h5-7H,1-4H3,(H,16,17,18). The van der Waals surface area contributed by atoms with E-state index in [2.05, 4.69) is 4.98 Å². The van der Waals surface area contributed by atoms with Crippen LogP contribution in [0.15, 0.2) is 22.5 Å². The zero-order valence-electron chi connectivity index (χ0n) is 12.7. The van der Waals surface area contributed by atoms with Crippen LogP contribution in [-0.2, 0) is 19.4 Å². The number of rotatable bonds is 2. The summed E-state index contributed by atoms with van der Waals surface area (Å²) in [6, 6.07) is 5.27. The van der Waals surface area contributed by atoms with Crippen molar-refractivity contribution >= 4 is 44.3 Å². The first-order chi connectivity index (χ1) is 9.99. The van der Waals surface area contributed by atoms with Crippen LogP contribution in [0.4, 0.5) is 0 Å². The van der Waals surface area contributed by atoms with Crippen LogP contribution in [0.2, 0.25) is 0 Å². The maximum Gasteiger partial charge on any atom is 0.494 e. The summed E-state index contributed by atoms with van der Waals surface area (Å²) in [5.74, 6) is 0. The molecule has 2 heterocycles. The second-order valence-corrected chi connectivity index (χ2v) is 8.90. The first kappa shape index (κ1) is 15.9. The summed E-state index contributed by atoms with van der Waals surface area (Å²) in [6.07, 6.45) is 0. The average molecular weight is 341 g/mol. The third-order valence-electron chi connectivity index (χ3n) is 4.14. The van der Waals surface area contributed by atoms with Crippen molar-refractivity contribution in [2.75, 3.05) is 0 Å². The molecule has 1 aromatic heterocycles. The monoisotopic (exact) mass is 341 g/mol. The Hall–Kier alpha value is -0.995. The Bertz CT molecular complexity index is 827. The maximum absolute atomic E-state index is 11.2. The lowest BCUT2D eigenvalue weighted by molar-refractivity contribution is 0.00578. The summed E-state index contributed by atoms with van der Waals surface area (Å²) in [4.78, 5) is 3.91. The molecule has 0 atom stereocenters. The lowest BCUT2D eigenvalue weighted by atomic mass is 9.79. The summed E-state index contributed by atoms with van der Waals surface area (Å²) in [5.41, 5.74) is 0.411. The number of nitrogens with zero attached hydrogens (tertiary/aromatic N) is 1. The lowest BCUT2D eigenvalue weighted by Gasteiger charge is -2.32. The highest BCUT2D eigenvalue weighted by atomic mass is 32.3. The van der Waals surface area contributed by atoms with Gasteiger partial charge in [-0.05, 0) is 45.3 Å². The molecule has 1 aliphatic heterocycles.